The molecule has 1 fully saturated rings. The standard InChI is InChI=1S/C21H26ClN3O.2ClH/c22-17-8-6-7-16(13-17)20(18-9-2-5-12-24-18)25-19(26)14-21(15-23)10-3-1-4-11-21;;/h2,5-9,12-13,20H,1,3-4,10-11,14-15,23H2,(H,25,26);2*1H. The number of carbonyl (C=O) groups excluding carboxylic acids is 1. The fraction of sp³-hybridized carbons (Fsp3) is 0.429. The molecule has 28 heavy (non-hydrogen) atoms. The van der Waals surface area contributed by atoms with E-state index in [0.717, 1.165) is 36.9 Å². The summed E-state index contributed by atoms with van der Waals surface area (Å²) in [4.78, 5) is 17.3. The van der Waals surface area contributed by atoms with Gasteiger partial charge in [-0.25, -0.2) is 0 Å². The Morgan fingerprint density at radius 2 is 1.89 bits per heavy atom. The number of nitrogens with zero attached hydrogens (tertiary/aromatic N) is 1. The zero-order valence-corrected chi connectivity index (χ0v) is 18.2. The highest BCUT2D eigenvalue weighted by Gasteiger charge is 2.33. The minimum atomic E-state index is -0.319. The molecule has 1 saturated carbocycles. The van der Waals surface area contributed by atoms with Crippen molar-refractivity contribution in [3.05, 3.63) is 64.9 Å². The predicted molar refractivity (Wildman–Crippen MR) is 119 cm³/mol. The van der Waals surface area contributed by atoms with Crippen LogP contribution in [-0.4, -0.2) is 17.4 Å². The lowest BCUT2D eigenvalue weighted by Gasteiger charge is -2.36. The number of amides is 1. The van der Waals surface area contributed by atoms with Crippen LogP contribution in [0.1, 0.15) is 55.8 Å². The van der Waals surface area contributed by atoms with Crippen LogP contribution in [0.3, 0.4) is 0 Å². The summed E-state index contributed by atoms with van der Waals surface area (Å²) in [6.45, 7) is 0.561. The lowest BCUT2D eigenvalue weighted by Crippen LogP contribution is -2.40. The number of rotatable bonds is 6. The monoisotopic (exact) mass is 443 g/mol. The molecule has 1 aromatic heterocycles. The van der Waals surface area contributed by atoms with Crippen LogP contribution in [0.15, 0.2) is 48.7 Å². The van der Waals surface area contributed by atoms with Crippen LogP contribution >= 0.6 is 36.4 Å². The van der Waals surface area contributed by atoms with Crippen LogP contribution in [0.4, 0.5) is 0 Å². The highest BCUT2D eigenvalue weighted by molar-refractivity contribution is 6.30. The van der Waals surface area contributed by atoms with E-state index in [2.05, 4.69) is 10.3 Å². The molecule has 1 amide bonds. The number of benzene rings is 1. The van der Waals surface area contributed by atoms with Crippen LogP contribution < -0.4 is 11.1 Å². The molecule has 0 bridgehead atoms. The van der Waals surface area contributed by atoms with E-state index in [-0.39, 0.29) is 42.2 Å². The van der Waals surface area contributed by atoms with E-state index < -0.39 is 0 Å². The molecular weight excluding hydrogens is 417 g/mol. The molecule has 7 heteroatoms. The van der Waals surface area contributed by atoms with Crippen molar-refractivity contribution in [2.24, 2.45) is 11.1 Å². The summed E-state index contributed by atoms with van der Waals surface area (Å²) < 4.78 is 0. The molecule has 1 heterocycles. The predicted octanol–water partition coefficient (Wildman–Crippen LogP) is 5.08. The molecule has 1 aliphatic rings. The lowest BCUT2D eigenvalue weighted by molar-refractivity contribution is -0.124. The number of nitrogens with one attached hydrogen (secondary N) is 1. The van der Waals surface area contributed by atoms with Gasteiger partial charge in [-0.2, -0.15) is 0 Å². The summed E-state index contributed by atoms with van der Waals surface area (Å²) in [5, 5.41) is 3.81. The van der Waals surface area contributed by atoms with E-state index in [1.807, 2.05) is 42.5 Å². The van der Waals surface area contributed by atoms with Crippen LogP contribution in [0.2, 0.25) is 5.02 Å². The summed E-state index contributed by atoms with van der Waals surface area (Å²) in [7, 11) is 0. The Morgan fingerprint density at radius 3 is 2.50 bits per heavy atom. The third-order valence-electron chi connectivity index (χ3n) is 5.35. The number of pyridine rings is 1. The van der Waals surface area contributed by atoms with E-state index in [4.69, 9.17) is 17.3 Å². The van der Waals surface area contributed by atoms with Gasteiger partial charge in [-0.1, -0.05) is 49.1 Å². The number of hydrogen-bond donors (Lipinski definition) is 2. The maximum absolute atomic E-state index is 12.9. The molecule has 1 unspecified atom stereocenters. The summed E-state index contributed by atoms with van der Waals surface area (Å²) in [6, 6.07) is 13.0. The third-order valence-corrected chi connectivity index (χ3v) is 5.59. The van der Waals surface area contributed by atoms with Crippen molar-refractivity contribution < 1.29 is 4.79 Å². The lowest BCUT2D eigenvalue weighted by atomic mass is 9.71. The molecule has 1 atom stereocenters. The number of hydrogen-bond acceptors (Lipinski definition) is 3. The van der Waals surface area contributed by atoms with Crippen LogP contribution in [0.25, 0.3) is 0 Å². The Labute approximate surface area is 184 Å². The Kier molecular flexibility index (Phi) is 10.3. The second-order valence-electron chi connectivity index (χ2n) is 7.25. The van der Waals surface area contributed by atoms with E-state index in [9.17, 15) is 4.79 Å². The molecule has 4 nitrogen and oxygen atoms in total. The van der Waals surface area contributed by atoms with Gasteiger partial charge in [0.05, 0.1) is 11.7 Å². The van der Waals surface area contributed by atoms with Crippen molar-refractivity contribution in [2.75, 3.05) is 6.54 Å². The first-order valence-corrected chi connectivity index (χ1v) is 9.65. The van der Waals surface area contributed by atoms with E-state index in [0.29, 0.717) is 18.0 Å². The normalized spacial score (nSPS) is 16.2. The largest absolute Gasteiger partial charge is 0.344 e. The van der Waals surface area contributed by atoms with Crippen molar-refractivity contribution >= 4 is 42.3 Å². The first-order chi connectivity index (χ1) is 12.6. The van der Waals surface area contributed by atoms with E-state index in [1.165, 1.54) is 6.42 Å². The number of nitrogens with two attached hydrogens (primary N) is 1. The van der Waals surface area contributed by atoms with Gasteiger partial charge in [0.2, 0.25) is 5.91 Å². The molecule has 0 aliphatic heterocycles. The fourth-order valence-corrected chi connectivity index (χ4v) is 4.07. The average molecular weight is 445 g/mol. The quantitative estimate of drug-likeness (QED) is 0.652. The molecule has 1 aliphatic carbocycles. The van der Waals surface area contributed by atoms with Crippen molar-refractivity contribution in [1.29, 1.82) is 0 Å². The number of aromatic nitrogens is 1. The minimum Gasteiger partial charge on any atom is -0.344 e. The Morgan fingerprint density at radius 1 is 1.14 bits per heavy atom. The second-order valence-corrected chi connectivity index (χ2v) is 7.69. The Bertz CT molecular complexity index is 737. The summed E-state index contributed by atoms with van der Waals surface area (Å²) in [5.74, 6) is 0.0213. The van der Waals surface area contributed by atoms with Gasteiger partial charge in [-0.15, -0.1) is 24.8 Å². The highest BCUT2D eigenvalue weighted by Crippen LogP contribution is 2.38. The van der Waals surface area contributed by atoms with Gasteiger partial charge in [0, 0.05) is 17.6 Å². The Balaban J connectivity index is 0.00000196. The van der Waals surface area contributed by atoms with Gasteiger partial charge < -0.3 is 11.1 Å². The minimum absolute atomic E-state index is 0. The van der Waals surface area contributed by atoms with Crippen molar-refractivity contribution in [1.82, 2.24) is 10.3 Å². The topological polar surface area (TPSA) is 68.0 Å². The molecule has 154 valence electrons. The third kappa shape index (κ3) is 6.35. The number of halogens is 3. The molecule has 0 saturated heterocycles. The SMILES string of the molecule is Cl.Cl.NCC1(CC(=O)NC(c2cccc(Cl)c2)c2ccccn2)CCCCC1. The zero-order chi connectivity index (χ0) is 18.4. The second kappa shape index (κ2) is 11.6. The summed E-state index contributed by atoms with van der Waals surface area (Å²) in [5.41, 5.74) is 7.71. The van der Waals surface area contributed by atoms with Gasteiger partial charge in [0.25, 0.3) is 0 Å². The van der Waals surface area contributed by atoms with Crippen LogP contribution in [0, 0.1) is 5.41 Å². The maximum atomic E-state index is 12.9. The van der Waals surface area contributed by atoms with E-state index >= 15 is 0 Å². The van der Waals surface area contributed by atoms with Gasteiger partial charge >= 0.3 is 0 Å². The first-order valence-electron chi connectivity index (χ1n) is 9.28. The van der Waals surface area contributed by atoms with Crippen molar-refractivity contribution in [2.45, 2.75) is 44.6 Å². The van der Waals surface area contributed by atoms with Gasteiger partial charge in [0.15, 0.2) is 0 Å². The van der Waals surface area contributed by atoms with E-state index in [1.54, 1.807) is 6.20 Å². The first kappa shape index (κ1) is 24.7. The smallest absolute Gasteiger partial charge is 0.221 e. The van der Waals surface area contributed by atoms with Crippen molar-refractivity contribution in [3.8, 4) is 0 Å². The summed E-state index contributed by atoms with van der Waals surface area (Å²) in [6.07, 6.45) is 7.81. The molecule has 3 rings (SSSR count). The van der Waals surface area contributed by atoms with Crippen LogP contribution in [0.5, 0.6) is 0 Å². The van der Waals surface area contributed by atoms with Gasteiger partial charge in [-0.3, -0.25) is 9.78 Å². The van der Waals surface area contributed by atoms with Gasteiger partial charge in [-0.05, 0) is 54.6 Å². The average Bonchev–Trinajstić information content (AvgIpc) is 2.67. The zero-order valence-electron chi connectivity index (χ0n) is 15.8. The maximum Gasteiger partial charge on any atom is 0.221 e. The highest BCUT2D eigenvalue weighted by atomic mass is 35.5. The van der Waals surface area contributed by atoms with Crippen molar-refractivity contribution in [3.63, 3.8) is 0 Å². The summed E-state index contributed by atoms with van der Waals surface area (Å²) >= 11 is 6.16. The molecular formula is C21H28Cl3N3O. The molecule has 1 aromatic carbocycles. The fourth-order valence-electron chi connectivity index (χ4n) is 3.87. The molecule has 0 spiro atoms. The molecule has 0 radical (unpaired) electrons. The molecule has 3 N–H and O–H groups in total. The Hall–Kier alpha value is -1.33. The van der Waals surface area contributed by atoms with Crippen LogP contribution in [-0.2, 0) is 4.79 Å². The van der Waals surface area contributed by atoms with Gasteiger partial charge in [0.1, 0.15) is 0 Å². The molecule has 2 aromatic rings. The number of carbonyl (C=O) groups is 1.